The van der Waals surface area contributed by atoms with Crippen LogP contribution in [0.15, 0.2) is 29.1 Å². The number of aromatic hydroxyl groups is 1. The molecule has 2 aromatic rings. The molecule has 0 aliphatic carbocycles. The van der Waals surface area contributed by atoms with Crippen molar-refractivity contribution in [1.29, 1.82) is 0 Å². The zero-order chi connectivity index (χ0) is 12.6. The molecule has 17 heavy (non-hydrogen) atoms. The maximum absolute atomic E-state index is 11.9. The zero-order valence-electron chi connectivity index (χ0n) is 8.82. The maximum Gasteiger partial charge on any atom is 0.292 e. The first-order valence-corrected chi connectivity index (χ1v) is 5.51. The van der Waals surface area contributed by atoms with Crippen LogP contribution in [0.2, 0.25) is 10.0 Å². The molecule has 0 saturated heterocycles. The minimum absolute atomic E-state index is 0.235. The molecule has 0 fully saturated rings. The molecule has 0 spiro atoms. The summed E-state index contributed by atoms with van der Waals surface area (Å²) in [5, 5.41) is 12.7. The first-order valence-electron chi connectivity index (χ1n) is 4.75. The average molecular weight is 271 g/mol. The summed E-state index contributed by atoms with van der Waals surface area (Å²) in [6.45, 7) is 1.82. The Morgan fingerprint density at radius 1 is 1.24 bits per heavy atom. The molecule has 88 valence electrons. The van der Waals surface area contributed by atoms with Crippen molar-refractivity contribution >= 4 is 23.2 Å². The van der Waals surface area contributed by atoms with Crippen LogP contribution in [0.25, 0.3) is 5.69 Å². The molecule has 1 N–H and O–H groups in total. The quantitative estimate of drug-likeness (QED) is 0.867. The van der Waals surface area contributed by atoms with Crippen LogP contribution in [0, 0.1) is 6.92 Å². The molecule has 0 aliphatic rings. The lowest BCUT2D eigenvalue weighted by molar-refractivity contribution is 0.436. The topological polar surface area (TPSA) is 55.1 Å². The smallest absolute Gasteiger partial charge is 0.292 e. The fourth-order valence-corrected chi connectivity index (χ4v) is 1.72. The second-order valence-corrected chi connectivity index (χ2v) is 4.21. The van der Waals surface area contributed by atoms with E-state index in [1.165, 1.54) is 0 Å². The van der Waals surface area contributed by atoms with E-state index in [9.17, 15) is 9.90 Å². The Labute approximate surface area is 107 Å². The number of rotatable bonds is 1. The van der Waals surface area contributed by atoms with Gasteiger partial charge in [-0.05, 0) is 18.6 Å². The second kappa shape index (κ2) is 4.39. The van der Waals surface area contributed by atoms with Crippen LogP contribution >= 0.6 is 23.2 Å². The van der Waals surface area contributed by atoms with Gasteiger partial charge < -0.3 is 5.11 Å². The van der Waals surface area contributed by atoms with Crippen molar-refractivity contribution in [2.45, 2.75) is 6.92 Å². The average Bonchev–Trinajstić information content (AvgIpc) is 2.32. The number of hydrogen-bond donors (Lipinski definition) is 1. The SMILES string of the molecule is Cc1ccccc1-n1nc(O)c(Cl)c(Cl)c1=O. The zero-order valence-corrected chi connectivity index (χ0v) is 10.3. The molecule has 0 amide bonds. The molecule has 1 aromatic carbocycles. The summed E-state index contributed by atoms with van der Waals surface area (Å²) in [7, 11) is 0. The van der Waals surface area contributed by atoms with E-state index in [1.54, 1.807) is 12.1 Å². The van der Waals surface area contributed by atoms with Gasteiger partial charge in [0.1, 0.15) is 10.0 Å². The number of benzene rings is 1. The Morgan fingerprint density at radius 3 is 2.53 bits per heavy atom. The van der Waals surface area contributed by atoms with E-state index in [0.29, 0.717) is 5.69 Å². The molecule has 6 heteroatoms. The lowest BCUT2D eigenvalue weighted by atomic mass is 10.2. The monoisotopic (exact) mass is 270 g/mol. The van der Waals surface area contributed by atoms with Gasteiger partial charge in [-0.3, -0.25) is 4.79 Å². The lowest BCUT2D eigenvalue weighted by Crippen LogP contribution is -2.22. The Morgan fingerprint density at radius 2 is 1.88 bits per heavy atom. The van der Waals surface area contributed by atoms with Crippen LogP contribution in [0.5, 0.6) is 5.88 Å². The van der Waals surface area contributed by atoms with Gasteiger partial charge in [-0.25, -0.2) is 0 Å². The lowest BCUT2D eigenvalue weighted by Gasteiger charge is -2.09. The maximum atomic E-state index is 11.9. The molecule has 1 aromatic heterocycles. The minimum atomic E-state index is -0.566. The third-order valence-electron chi connectivity index (χ3n) is 2.31. The van der Waals surface area contributed by atoms with E-state index in [-0.39, 0.29) is 10.0 Å². The van der Waals surface area contributed by atoms with Gasteiger partial charge in [0.2, 0.25) is 5.88 Å². The molecule has 2 rings (SSSR count). The van der Waals surface area contributed by atoms with Crippen LogP contribution in [0.1, 0.15) is 5.56 Å². The highest BCUT2D eigenvalue weighted by atomic mass is 35.5. The van der Waals surface area contributed by atoms with Crippen molar-refractivity contribution in [3.05, 3.63) is 50.2 Å². The van der Waals surface area contributed by atoms with Crippen molar-refractivity contribution in [2.75, 3.05) is 0 Å². The molecule has 0 unspecified atom stereocenters. The predicted molar refractivity (Wildman–Crippen MR) is 66.3 cm³/mol. The van der Waals surface area contributed by atoms with Gasteiger partial charge in [0.05, 0.1) is 5.69 Å². The Bertz CT molecular complexity index is 638. The molecule has 0 aliphatic heterocycles. The third-order valence-corrected chi connectivity index (χ3v) is 3.11. The Hall–Kier alpha value is -1.52. The van der Waals surface area contributed by atoms with E-state index >= 15 is 0 Å². The number of hydrogen-bond acceptors (Lipinski definition) is 3. The van der Waals surface area contributed by atoms with Gasteiger partial charge in [-0.15, -0.1) is 5.10 Å². The number of para-hydroxylation sites is 1. The van der Waals surface area contributed by atoms with Crippen LogP contribution < -0.4 is 5.56 Å². The second-order valence-electron chi connectivity index (χ2n) is 3.46. The van der Waals surface area contributed by atoms with E-state index < -0.39 is 11.4 Å². The van der Waals surface area contributed by atoms with Gasteiger partial charge in [-0.2, -0.15) is 4.68 Å². The number of aromatic nitrogens is 2. The van der Waals surface area contributed by atoms with Gasteiger partial charge in [0.15, 0.2) is 0 Å². The number of aryl methyl sites for hydroxylation is 1. The van der Waals surface area contributed by atoms with Gasteiger partial charge in [0, 0.05) is 0 Å². The first-order chi connectivity index (χ1) is 8.02. The first kappa shape index (κ1) is 12.0. The van der Waals surface area contributed by atoms with E-state index in [4.69, 9.17) is 23.2 Å². The van der Waals surface area contributed by atoms with Crippen molar-refractivity contribution in [3.8, 4) is 11.6 Å². The number of nitrogens with zero attached hydrogens (tertiary/aromatic N) is 2. The van der Waals surface area contributed by atoms with Crippen LogP contribution in [-0.2, 0) is 0 Å². The van der Waals surface area contributed by atoms with Gasteiger partial charge in [-0.1, -0.05) is 41.4 Å². The molecule has 4 nitrogen and oxygen atoms in total. The number of halogens is 2. The van der Waals surface area contributed by atoms with E-state index in [2.05, 4.69) is 5.10 Å². The Balaban J connectivity index is 2.78. The van der Waals surface area contributed by atoms with Crippen molar-refractivity contribution in [1.82, 2.24) is 9.78 Å². The highest BCUT2D eigenvalue weighted by molar-refractivity contribution is 6.42. The summed E-state index contributed by atoms with van der Waals surface area (Å²) in [4.78, 5) is 11.9. The minimum Gasteiger partial charge on any atom is -0.491 e. The summed E-state index contributed by atoms with van der Waals surface area (Å²) in [5.74, 6) is -0.473. The van der Waals surface area contributed by atoms with Crippen LogP contribution in [0.3, 0.4) is 0 Å². The Kier molecular flexibility index (Phi) is 3.09. The fraction of sp³-hybridized carbons (Fsp3) is 0.0909. The van der Waals surface area contributed by atoms with Crippen LogP contribution in [-0.4, -0.2) is 14.9 Å². The summed E-state index contributed by atoms with van der Waals surface area (Å²) in [6, 6.07) is 7.12. The van der Waals surface area contributed by atoms with Gasteiger partial charge >= 0.3 is 0 Å². The summed E-state index contributed by atoms with van der Waals surface area (Å²) in [5.41, 5.74) is 0.815. The van der Waals surface area contributed by atoms with Crippen molar-refractivity contribution in [3.63, 3.8) is 0 Å². The normalized spacial score (nSPS) is 10.5. The molecule has 0 saturated carbocycles. The van der Waals surface area contributed by atoms with E-state index in [0.717, 1.165) is 10.2 Å². The highest BCUT2D eigenvalue weighted by Gasteiger charge is 2.15. The molecular weight excluding hydrogens is 263 g/mol. The predicted octanol–water partition coefficient (Wildman–Crippen LogP) is 2.55. The summed E-state index contributed by atoms with van der Waals surface area (Å²) >= 11 is 11.3. The molecular formula is C11H8Cl2N2O2. The van der Waals surface area contributed by atoms with Crippen LogP contribution in [0.4, 0.5) is 0 Å². The standard InChI is InChI=1S/C11H8Cl2N2O2/c1-6-4-2-3-5-7(6)15-11(17)9(13)8(12)10(16)14-15/h2-5H,1H3,(H,14,16). The third kappa shape index (κ3) is 2.01. The molecule has 0 radical (unpaired) electrons. The van der Waals surface area contributed by atoms with Crippen molar-refractivity contribution < 1.29 is 5.11 Å². The van der Waals surface area contributed by atoms with E-state index in [1.807, 2.05) is 19.1 Å². The van der Waals surface area contributed by atoms with Crippen molar-refractivity contribution in [2.24, 2.45) is 0 Å². The highest BCUT2D eigenvalue weighted by Crippen LogP contribution is 2.26. The molecule has 1 heterocycles. The molecule has 0 atom stereocenters. The largest absolute Gasteiger partial charge is 0.491 e. The summed E-state index contributed by atoms with van der Waals surface area (Å²) in [6.07, 6.45) is 0. The fourth-order valence-electron chi connectivity index (χ4n) is 1.43. The van der Waals surface area contributed by atoms with Gasteiger partial charge in [0.25, 0.3) is 5.56 Å². The summed E-state index contributed by atoms with van der Waals surface area (Å²) < 4.78 is 1.03. The molecule has 0 bridgehead atoms.